The summed E-state index contributed by atoms with van der Waals surface area (Å²) in [6, 6.07) is 13.6. The molecule has 0 bridgehead atoms. The van der Waals surface area contributed by atoms with Crippen LogP contribution >= 0.6 is 0 Å². The second-order valence-corrected chi connectivity index (χ2v) is 8.11. The van der Waals surface area contributed by atoms with Crippen LogP contribution in [0.15, 0.2) is 48.5 Å². The van der Waals surface area contributed by atoms with Crippen molar-refractivity contribution in [1.82, 2.24) is 10.2 Å². The summed E-state index contributed by atoms with van der Waals surface area (Å²) in [7, 11) is 0. The van der Waals surface area contributed by atoms with Crippen molar-refractivity contribution in [3.05, 3.63) is 59.7 Å². The Morgan fingerprint density at radius 1 is 1.00 bits per heavy atom. The van der Waals surface area contributed by atoms with Gasteiger partial charge in [-0.15, -0.1) is 0 Å². The van der Waals surface area contributed by atoms with Gasteiger partial charge >= 0.3 is 6.03 Å². The molecule has 0 aromatic heterocycles. The molecule has 1 heterocycles. The van der Waals surface area contributed by atoms with Crippen LogP contribution in [-0.4, -0.2) is 41.4 Å². The highest BCUT2D eigenvalue weighted by Gasteiger charge is 2.28. The van der Waals surface area contributed by atoms with Crippen LogP contribution in [0.5, 0.6) is 5.75 Å². The van der Waals surface area contributed by atoms with Gasteiger partial charge in [0.2, 0.25) is 0 Å². The van der Waals surface area contributed by atoms with Crippen LogP contribution in [0.3, 0.4) is 0 Å². The summed E-state index contributed by atoms with van der Waals surface area (Å²) in [4.78, 5) is 37.7. The van der Waals surface area contributed by atoms with Gasteiger partial charge in [-0.05, 0) is 75.1 Å². The minimum absolute atomic E-state index is 0.0106. The van der Waals surface area contributed by atoms with Crippen LogP contribution in [0.25, 0.3) is 0 Å². The van der Waals surface area contributed by atoms with E-state index in [1.807, 2.05) is 4.90 Å². The predicted octanol–water partition coefficient (Wildman–Crippen LogP) is 3.28. The highest BCUT2D eigenvalue weighted by atomic mass is 16.5. The molecule has 8 nitrogen and oxygen atoms in total. The van der Waals surface area contributed by atoms with E-state index in [2.05, 4.69) is 24.5 Å². The van der Waals surface area contributed by atoms with Crippen LogP contribution in [-0.2, 0) is 11.3 Å². The number of amides is 4. The fraction of sp³-hybridized carbons (Fsp3) is 0.375. The quantitative estimate of drug-likeness (QED) is 0.615. The molecule has 1 aliphatic heterocycles. The molecule has 2 aromatic carbocycles. The highest BCUT2D eigenvalue weighted by Crippen LogP contribution is 2.23. The number of carbonyl (C=O) groups is 3. The Bertz CT molecular complexity index is 933. The maximum Gasteiger partial charge on any atom is 0.316 e. The molecule has 2 atom stereocenters. The highest BCUT2D eigenvalue weighted by molar-refractivity contribution is 5.94. The molecule has 0 radical (unpaired) electrons. The lowest BCUT2D eigenvalue weighted by atomic mass is 9.97. The first-order valence-electron chi connectivity index (χ1n) is 10.8. The third-order valence-corrected chi connectivity index (χ3v) is 5.63. The molecule has 1 saturated heterocycles. The molecule has 4 amide bonds. The Morgan fingerprint density at radius 3 is 2.22 bits per heavy atom. The monoisotopic (exact) mass is 438 g/mol. The summed E-state index contributed by atoms with van der Waals surface area (Å²) in [6.07, 6.45) is 3.19. The maximum atomic E-state index is 12.6. The van der Waals surface area contributed by atoms with Gasteiger partial charge in [-0.1, -0.05) is 12.1 Å². The number of ether oxygens (including phenoxy) is 1. The van der Waals surface area contributed by atoms with E-state index < -0.39 is 6.03 Å². The lowest BCUT2D eigenvalue weighted by Gasteiger charge is -2.38. The van der Waals surface area contributed by atoms with Gasteiger partial charge in [-0.3, -0.25) is 9.59 Å². The second-order valence-electron chi connectivity index (χ2n) is 8.11. The van der Waals surface area contributed by atoms with E-state index in [1.165, 1.54) is 0 Å². The van der Waals surface area contributed by atoms with Crippen molar-refractivity contribution in [3.8, 4) is 5.75 Å². The maximum absolute atomic E-state index is 12.6. The molecule has 0 saturated carbocycles. The summed E-state index contributed by atoms with van der Waals surface area (Å²) in [5, 5.41) is 5.33. The minimum Gasteiger partial charge on any atom is -0.484 e. The van der Waals surface area contributed by atoms with E-state index in [-0.39, 0.29) is 30.5 Å². The molecular formula is C24H30N4O4. The number of carbonyl (C=O) groups excluding carboxylic acids is 3. The number of urea groups is 1. The third kappa shape index (κ3) is 6.23. The van der Waals surface area contributed by atoms with E-state index in [9.17, 15) is 14.4 Å². The number of piperidine rings is 1. The fourth-order valence-corrected chi connectivity index (χ4v) is 3.97. The third-order valence-electron chi connectivity index (χ3n) is 5.63. The number of anilines is 1. The summed E-state index contributed by atoms with van der Waals surface area (Å²) in [6.45, 7) is 4.48. The van der Waals surface area contributed by atoms with Crippen LogP contribution in [0, 0.1) is 0 Å². The molecule has 170 valence electrons. The van der Waals surface area contributed by atoms with Crippen molar-refractivity contribution in [3.63, 3.8) is 0 Å². The lowest BCUT2D eigenvalue weighted by molar-refractivity contribution is -0.139. The van der Waals surface area contributed by atoms with Crippen LogP contribution in [0.1, 0.15) is 49.0 Å². The van der Waals surface area contributed by atoms with Crippen LogP contribution in [0.2, 0.25) is 0 Å². The number of nitrogens with zero attached hydrogens (tertiary/aromatic N) is 1. The molecular weight excluding hydrogens is 408 g/mol. The first-order chi connectivity index (χ1) is 15.3. The van der Waals surface area contributed by atoms with E-state index in [0.717, 1.165) is 24.8 Å². The van der Waals surface area contributed by atoms with Gasteiger partial charge in [-0.25, -0.2) is 4.79 Å². The minimum atomic E-state index is -0.626. The normalized spacial score (nSPS) is 18.0. The van der Waals surface area contributed by atoms with Gasteiger partial charge < -0.3 is 26.0 Å². The number of likely N-dealkylation sites (tertiary alicyclic amines) is 1. The number of hydrogen-bond acceptors (Lipinski definition) is 4. The Labute approximate surface area is 188 Å². The Hall–Kier alpha value is -3.55. The van der Waals surface area contributed by atoms with E-state index >= 15 is 0 Å². The summed E-state index contributed by atoms with van der Waals surface area (Å²) >= 11 is 0. The first-order valence-corrected chi connectivity index (χ1v) is 10.8. The molecule has 2 unspecified atom stereocenters. The van der Waals surface area contributed by atoms with Gasteiger partial charge in [-0.2, -0.15) is 0 Å². The molecule has 2 aromatic rings. The molecule has 32 heavy (non-hydrogen) atoms. The number of rotatable bonds is 7. The number of primary amides is 1. The van der Waals surface area contributed by atoms with E-state index in [4.69, 9.17) is 10.5 Å². The molecule has 4 N–H and O–H groups in total. The average Bonchev–Trinajstić information content (AvgIpc) is 2.77. The summed E-state index contributed by atoms with van der Waals surface area (Å²) < 4.78 is 5.66. The molecule has 8 heteroatoms. The second kappa shape index (κ2) is 10.7. The molecule has 3 rings (SSSR count). The van der Waals surface area contributed by atoms with Gasteiger partial charge in [0, 0.05) is 29.9 Å². The Balaban J connectivity index is 1.47. The summed E-state index contributed by atoms with van der Waals surface area (Å²) in [5.74, 6) is 0.316. The largest absolute Gasteiger partial charge is 0.484 e. The number of nitrogens with one attached hydrogen (secondary N) is 2. The number of hydrogen-bond donors (Lipinski definition) is 3. The zero-order valence-electron chi connectivity index (χ0n) is 18.5. The van der Waals surface area contributed by atoms with Crippen molar-refractivity contribution in [1.29, 1.82) is 0 Å². The zero-order valence-corrected chi connectivity index (χ0v) is 18.5. The van der Waals surface area contributed by atoms with Crippen molar-refractivity contribution < 1.29 is 19.1 Å². The van der Waals surface area contributed by atoms with Crippen molar-refractivity contribution in [2.45, 2.75) is 51.7 Å². The van der Waals surface area contributed by atoms with Gasteiger partial charge in [0.1, 0.15) is 5.75 Å². The molecule has 1 fully saturated rings. The lowest BCUT2D eigenvalue weighted by Crippen LogP contribution is -2.49. The van der Waals surface area contributed by atoms with E-state index in [0.29, 0.717) is 23.5 Å². The van der Waals surface area contributed by atoms with Crippen molar-refractivity contribution in [2.24, 2.45) is 5.73 Å². The first kappa shape index (κ1) is 23.1. The number of benzene rings is 2. The molecule has 0 aliphatic carbocycles. The molecule has 0 spiro atoms. The Morgan fingerprint density at radius 2 is 1.62 bits per heavy atom. The Kier molecular flexibility index (Phi) is 7.70. The SMILES string of the molecule is CC1CCCC(C)N1C(=O)COc1ccc(C(=O)NCc2ccc(NC(N)=O)cc2)cc1. The predicted molar refractivity (Wildman–Crippen MR) is 122 cm³/mol. The number of nitrogens with two attached hydrogens (primary N) is 1. The van der Waals surface area contributed by atoms with Gasteiger partial charge in [0.25, 0.3) is 11.8 Å². The molecule has 1 aliphatic rings. The fourth-order valence-electron chi connectivity index (χ4n) is 3.97. The van der Waals surface area contributed by atoms with Crippen molar-refractivity contribution >= 4 is 23.5 Å². The topological polar surface area (TPSA) is 114 Å². The smallest absolute Gasteiger partial charge is 0.316 e. The standard InChI is InChI=1S/C24H30N4O4/c1-16-4-3-5-17(2)28(16)22(29)15-32-21-12-8-19(9-13-21)23(30)26-14-18-6-10-20(11-7-18)27-24(25)31/h6-13,16-17H,3-5,14-15H2,1-2H3,(H,26,30)(H3,25,27,31). The van der Waals surface area contributed by atoms with Gasteiger partial charge in [0.05, 0.1) is 0 Å². The summed E-state index contributed by atoms with van der Waals surface area (Å²) in [5.41, 5.74) is 7.05. The van der Waals surface area contributed by atoms with Crippen LogP contribution < -0.4 is 21.1 Å². The zero-order chi connectivity index (χ0) is 23.1. The van der Waals surface area contributed by atoms with Gasteiger partial charge in [0.15, 0.2) is 6.61 Å². The van der Waals surface area contributed by atoms with E-state index in [1.54, 1.807) is 48.5 Å². The van der Waals surface area contributed by atoms with Crippen molar-refractivity contribution in [2.75, 3.05) is 11.9 Å². The average molecular weight is 439 g/mol. The van der Waals surface area contributed by atoms with Crippen LogP contribution in [0.4, 0.5) is 10.5 Å².